The number of anilines is 2. The lowest BCUT2D eigenvalue weighted by molar-refractivity contribution is 0.0951. The van der Waals surface area contributed by atoms with Crippen molar-refractivity contribution in [2.24, 2.45) is 0 Å². The van der Waals surface area contributed by atoms with Gasteiger partial charge >= 0.3 is 0 Å². The predicted octanol–water partition coefficient (Wildman–Crippen LogP) is 6.63. The largest absolute Gasteiger partial charge is 0.451 e. The quantitative estimate of drug-likeness (QED) is 0.398. The van der Waals surface area contributed by atoms with Gasteiger partial charge < -0.3 is 14.6 Å². The summed E-state index contributed by atoms with van der Waals surface area (Å²) in [6, 6.07) is 14.0. The first-order chi connectivity index (χ1) is 14.9. The smallest absolute Gasteiger partial charge is 0.293 e. The van der Waals surface area contributed by atoms with Crippen LogP contribution in [-0.2, 0) is 0 Å². The summed E-state index contributed by atoms with van der Waals surface area (Å²) in [4.78, 5) is 14.8. The van der Waals surface area contributed by atoms with E-state index in [9.17, 15) is 4.79 Å². The van der Waals surface area contributed by atoms with E-state index in [1.165, 1.54) is 0 Å². The molecular formula is C22H18Cl3N3O2S. The van der Waals surface area contributed by atoms with Gasteiger partial charge in [-0.25, -0.2) is 0 Å². The molecule has 1 saturated heterocycles. The molecule has 2 N–H and O–H groups in total. The summed E-state index contributed by atoms with van der Waals surface area (Å²) in [5.74, 6) is 0.0513. The second-order valence-corrected chi connectivity index (χ2v) is 8.60. The third kappa shape index (κ3) is 4.83. The number of benzene rings is 2. The molecule has 0 unspecified atom stereocenters. The summed E-state index contributed by atoms with van der Waals surface area (Å²) in [7, 11) is 0. The van der Waals surface area contributed by atoms with Crippen molar-refractivity contribution in [2.75, 3.05) is 23.3 Å². The SMILES string of the molecule is O=C(NC(=S)Nc1cccc(Cl)c1N1CCCC1)c1ccc(-c2cccc(Cl)c2Cl)o1. The number of hydrogen-bond donors (Lipinski definition) is 2. The van der Waals surface area contributed by atoms with Crippen LogP contribution in [0, 0.1) is 0 Å². The minimum atomic E-state index is -0.480. The van der Waals surface area contributed by atoms with Gasteiger partial charge in [0, 0.05) is 18.7 Å². The Labute approximate surface area is 200 Å². The zero-order valence-electron chi connectivity index (χ0n) is 16.3. The Hall–Kier alpha value is -2.25. The Kier molecular flexibility index (Phi) is 6.72. The topological polar surface area (TPSA) is 57.5 Å². The maximum absolute atomic E-state index is 12.6. The molecule has 0 aliphatic carbocycles. The molecule has 0 radical (unpaired) electrons. The van der Waals surface area contributed by atoms with Crippen molar-refractivity contribution in [3.8, 4) is 11.3 Å². The van der Waals surface area contributed by atoms with Gasteiger partial charge in [-0.2, -0.15) is 0 Å². The molecule has 1 aliphatic rings. The maximum Gasteiger partial charge on any atom is 0.293 e. The van der Waals surface area contributed by atoms with Crippen LogP contribution >= 0.6 is 47.0 Å². The van der Waals surface area contributed by atoms with Gasteiger partial charge in [-0.3, -0.25) is 10.1 Å². The minimum absolute atomic E-state index is 0.0982. The lowest BCUT2D eigenvalue weighted by Gasteiger charge is -2.23. The zero-order valence-corrected chi connectivity index (χ0v) is 19.3. The first-order valence-corrected chi connectivity index (χ1v) is 11.2. The highest BCUT2D eigenvalue weighted by atomic mass is 35.5. The molecule has 9 heteroatoms. The van der Waals surface area contributed by atoms with E-state index in [2.05, 4.69) is 15.5 Å². The second kappa shape index (κ2) is 9.49. The summed E-state index contributed by atoms with van der Waals surface area (Å²) in [6.45, 7) is 1.86. The van der Waals surface area contributed by atoms with Gasteiger partial charge in [-0.15, -0.1) is 0 Å². The normalized spacial score (nSPS) is 13.3. The molecule has 31 heavy (non-hydrogen) atoms. The van der Waals surface area contributed by atoms with E-state index in [1.54, 1.807) is 30.3 Å². The highest BCUT2D eigenvalue weighted by molar-refractivity contribution is 7.80. The van der Waals surface area contributed by atoms with Gasteiger partial charge in [0.15, 0.2) is 10.9 Å². The van der Waals surface area contributed by atoms with E-state index in [-0.39, 0.29) is 10.9 Å². The van der Waals surface area contributed by atoms with E-state index >= 15 is 0 Å². The fraction of sp³-hybridized carbons (Fsp3) is 0.182. The summed E-state index contributed by atoms with van der Waals surface area (Å²) in [5, 5.41) is 7.26. The van der Waals surface area contributed by atoms with Crippen LogP contribution in [0.4, 0.5) is 11.4 Å². The molecule has 5 nitrogen and oxygen atoms in total. The third-order valence-electron chi connectivity index (χ3n) is 4.93. The van der Waals surface area contributed by atoms with Crippen molar-refractivity contribution in [3.05, 3.63) is 69.4 Å². The number of para-hydroxylation sites is 1. The molecule has 1 aromatic heterocycles. The molecule has 0 saturated carbocycles. The van der Waals surface area contributed by atoms with Gasteiger partial charge in [-0.05, 0) is 61.5 Å². The van der Waals surface area contributed by atoms with Crippen LogP contribution in [0.1, 0.15) is 23.4 Å². The van der Waals surface area contributed by atoms with Crippen LogP contribution in [0.3, 0.4) is 0 Å². The number of halogens is 3. The van der Waals surface area contributed by atoms with Crippen molar-refractivity contribution < 1.29 is 9.21 Å². The minimum Gasteiger partial charge on any atom is -0.451 e. The van der Waals surface area contributed by atoms with Gasteiger partial charge in [0.1, 0.15) is 5.76 Å². The Morgan fingerprint density at radius 1 is 0.968 bits per heavy atom. The highest BCUT2D eigenvalue weighted by Crippen LogP contribution is 2.36. The fourth-order valence-electron chi connectivity index (χ4n) is 3.50. The van der Waals surface area contributed by atoms with E-state index < -0.39 is 5.91 Å². The fourth-order valence-corrected chi connectivity index (χ4v) is 4.39. The Morgan fingerprint density at radius 3 is 2.45 bits per heavy atom. The lowest BCUT2D eigenvalue weighted by Crippen LogP contribution is -2.34. The van der Waals surface area contributed by atoms with Crippen LogP contribution in [0.2, 0.25) is 15.1 Å². The Bertz CT molecular complexity index is 1140. The van der Waals surface area contributed by atoms with Crippen molar-refractivity contribution in [1.82, 2.24) is 5.32 Å². The molecule has 2 heterocycles. The van der Waals surface area contributed by atoms with Crippen molar-refractivity contribution >= 4 is 69.4 Å². The molecule has 1 aliphatic heterocycles. The Balaban J connectivity index is 1.47. The average molecular weight is 495 g/mol. The molecule has 160 valence electrons. The van der Waals surface area contributed by atoms with Crippen LogP contribution in [0.25, 0.3) is 11.3 Å². The zero-order chi connectivity index (χ0) is 22.0. The van der Waals surface area contributed by atoms with Crippen LogP contribution in [0.5, 0.6) is 0 Å². The standard InChI is InChI=1S/C22H18Cl3N3O2S/c23-14-6-3-5-13(19(14)25)17-9-10-18(30-17)21(29)27-22(31)26-16-8-4-7-15(24)20(16)28-11-1-2-12-28/h3-10H,1-2,11-12H2,(H2,26,27,29,31). The second-order valence-electron chi connectivity index (χ2n) is 7.00. The molecule has 3 aromatic rings. The first kappa shape index (κ1) is 22.0. The monoisotopic (exact) mass is 493 g/mol. The van der Waals surface area contributed by atoms with Gasteiger partial charge in [0.05, 0.1) is 26.4 Å². The average Bonchev–Trinajstić information content (AvgIpc) is 3.42. The van der Waals surface area contributed by atoms with Gasteiger partial charge in [0.2, 0.25) is 0 Å². The first-order valence-electron chi connectivity index (χ1n) is 9.64. The number of amides is 1. The number of hydrogen-bond acceptors (Lipinski definition) is 4. The molecule has 1 fully saturated rings. The van der Waals surface area contributed by atoms with E-state index in [0.717, 1.165) is 37.3 Å². The molecule has 4 rings (SSSR count). The van der Waals surface area contributed by atoms with Crippen molar-refractivity contribution in [1.29, 1.82) is 0 Å². The third-order valence-corrected chi connectivity index (χ3v) is 6.26. The summed E-state index contributed by atoms with van der Waals surface area (Å²) in [5.41, 5.74) is 2.22. The van der Waals surface area contributed by atoms with Crippen LogP contribution < -0.4 is 15.5 Å². The highest BCUT2D eigenvalue weighted by Gasteiger charge is 2.20. The van der Waals surface area contributed by atoms with E-state index in [1.807, 2.05) is 18.2 Å². The van der Waals surface area contributed by atoms with Crippen LogP contribution in [0.15, 0.2) is 52.9 Å². The number of carbonyl (C=O) groups is 1. The maximum atomic E-state index is 12.6. The Morgan fingerprint density at radius 2 is 1.68 bits per heavy atom. The molecule has 1 amide bonds. The van der Waals surface area contributed by atoms with E-state index in [4.69, 9.17) is 51.4 Å². The summed E-state index contributed by atoms with van der Waals surface area (Å²) >= 11 is 24.1. The summed E-state index contributed by atoms with van der Waals surface area (Å²) in [6.07, 6.45) is 2.23. The molecule has 0 bridgehead atoms. The molecule has 0 atom stereocenters. The van der Waals surface area contributed by atoms with E-state index in [0.29, 0.717) is 26.4 Å². The number of thiocarbonyl (C=S) groups is 1. The summed E-state index contributed by atoms with van der Waals surface area (Å²) < 4.78 is 5.67. The number of nitrogens with one attached hydrogen (secondary N) is 2. The number of rotatable bonds is 4. The number of furan rings is 1. The van der Waals surface area contributed by atoms with Gasteiger partial charge in [0.25, 0.3) is 5.91 Å². The predicted molar refractivity (Wildman–Crippen MR) is 131 cm³/mol. The number of carbonyl (C=O) groups excluding carboxylic acids is 1. The van der Waals surface area contributed by atoms with Crippen LogP contribution in [-0.4, -0.2) is 24.1 Å². The van der Waals surface area contributed by atoms with Gasteiger partial charge in [-0.1, -0.05) is 46.9 Å². The van der Waals surface area contributed by atoms with Crippen molar-refractivity contribution in [2.45, 2.75) is 12.8 Å². The molecule has 2 aromatic carbocycles. The van der Waals surface area contributed by atoms with Crippen molar-refractivity contribution in [3.63, 3.8) is 0 Å². The molecular weight excluding hydrogens is 477 g/mol. The lowest BCUT2D eigenvalue weighted by atomic mass is 10.2. The number of nitrogens with zero attached hydrogens (tertiary/aromatic N) is 1. The molecule has 0 spiro atoms.